The number of benzene rings is 3. The molecule has 150 valence electrons. The molecular formula is C24H19NO4S. The van der Waals surface area contributed by atoms with Gasteiger partial charge in [-0.25, -0.2) is 8.42 Å². The first-order valence-electron chi connectivity index (χ1n) is 9.25. The van der Waals surface area contributed by atoms with Gasteiger partial charge in [-0.3, -0.25) is 4.79 Å². The highest BCUT2D eigenvalue weighted by Gasteiger charge is 2.10. The van der Waals surface area contributed by atoms with Crippen molar-refractivity contribution in [2.75, 3.05) is 0 Å². The van der Waals surface area contributed by atoms with Crippen LogP contribution in [0.5, 0.6) is 5.75 Å². The predicted molar refractivity (Wildman–Crippen MR) is 114 cm³/mol. The number of ether oxygens (including phenoxy) is 1. The number of aryl methyl sites for hydroxylation is 1. The van der Waals surface area contributed by atoms with Gasteiger partial charge in [-0.1, -0.05) is 54.6 Å². The van der Waals surface area contributed by atoms with Crippen LogP contribution in [0.25, 0.3) is 6.08 Å². The standard InChI is InChI=1S/C24H19NO4S/c25-18-21-9-4-5-12-23(21)29-24(26)14-13-19-7-6-8-20(17-19)15-16-30(27,28)22-10-2-1-3-11-22/h1-12,15-17H,13-14H2/b16-15+. The van der Waals surface area contributed by atoms with Gasteiger partial charge in [-0.15, -0.1) is 0 Å². The van der Waals surface area contributed by atoms with Crippen molar-refractivity contribution in [1.82, 2.24) is 0 Å². The zero-order valence-corrected chi connectivity index (χ0v) is 16.9. The molecule has 6 heteroatoms. The smallest absolute Gasteiger partial charge is 0.311 e. The maximum Gasteiger partial charge on any atom is 0.311 e. The zero-order valence-electron chi connectivity index (χ0n) is 16.1. The van der Waals surface area contributed by atoms with Crippen molar-refractivity contribution in [3.05, 3.63) is 101 Å². The molecule has 0 saturated carbocycles. The number of sulfone groups is 1. The normalized spacial score (nSPS) is 11.2. The summed E-state index contributed by atoms with van der Waals surface area (Å²) in [5.41, 5.74) is 1.90. The molecule has 0 radical (unpaired) electrons. The second-order valence-electron chi connectivity index (χ2n) is 6.49. The fraction of sp³-hybridized carbons (Fsp3) is 0.0833. The Morgan fingerprint density at radius 3 is 2.47 bits per heavy atom. The Hall–Kier alpha value is -3.69. The van der Waals surface area contributed by atoms with Crippen molar-refractivity contribution in [2.45, 2.75) is 17.7 Å². The van der Waals surface area contributed by atoms with E-state index in [4.69, 9.17) is 10.00 Å². The highest BCUT2D eigenvalue weighted by atomic mass is 32.2. The summed E-state index contributed by atoms with van der Waals surface area (Å²) < 4.78 is 30.0. The topological polar surface area (TPSA) is 84.2 Å². The highest BCUT2D eigenvalue weighted by Crippen LogP contribution is 2.18. The summed E-state index contributed by atoms with van der Waals surface area (Å²) in [6.45, 7) is 0. The molecule has 0 aliphatic heterocycles. The minimum absolute atomic E-state index is 0.134. The van der Waals surface area contributed by atoms with Gasteiger partial charge in [0, 0.05) is 11.8 Å². The fourth-order valence-corrected chi connectivity index (χ4v) is 3.81. The minimum Gasteiger partial charge on any atom is -0.425 e. The molecule has 0 fully saturated rings. The van der Waals surface area contributed by atoms with Gasteiger partial charge in [-0.05, 0) is 47.9 Å². The van der Waals surface area contributed by atoms with Crippen LogP contribution in [0.4, 0.5) is 0 Å². The molecule has 5 nitrogen and oxygen atoms in total. The molecule has 30 heavy (non-hydrogen) atoms. The first-order valence-corrected chi connectivity index (χ1v) is 10.8. The van der Waals surface area contributed by atoms with Gasteiger partial charge in [0.15, 0.2) is 9.84 Å². The summed E-state index contributed by atoms with van der Waals surface area (Å²) in [6, 6.07) is 24.0. The minimum atomic E-state index is -3.52. The van der Waals surface area contributed by atoms with E-state index in [9.17, 15) is 13.2 Å². The summed E-state index contributed by atoms with van der Waals surface area (Å²) in [5.74, 6) is -0.196. The lowest BCUT2D eigenvalue weighted by Gasteiger charge is -2.06. The molecule has 0 unspecified atom stereocenters. The maximum absolute atomic E-state index is 12.4. The molecule has 0 amide bonds. The second kappa shape index (κ2) is 9.68. The number of nitriles is 1. The lowest BCUT2D eigenvalue weighted by Crippen LogP contribution is -2.10. The molecule has 3 rings (SSSR count). The van der Waals surface area contributed by atoms with Crippen molar-refractivity contribution in [2.24, 2.45) is 0 Å². The van der Waals surface area contributed by atoms with Crippen molar-refractivity contribution < 1.29 is 17.9 Å². The van der Waals surface area contributed by atoms with E-state index in [-0.39, 0.29) is 17.1 Å². The summed E-state index contributed by atoms with van der Waals surface area (Å²) in [5, 5.41) is 10.2. The number of hydrogen-bond donors (Lipinski definition) is 0. The Kier molecular flexibility index (Phi) is 6.79. The summed E-state index contributed by atoms with van der Waals surface area (Å²) in [7, 11) is -3.52. The van der Waals surface area contributed by atoms with E-state index in [2.05, 4.69) is 0 Å². The van der Waals surface area contributed by atoms with Crippen LogP contribution >= 0.6 is 0 Å². The Morgan fingerprint density at radius 1 is 0.967 bits per heavy atom. The molecule has 0 atom stereocenters. The van der Waals surface area contributed by atoms with Crippen LogP contribution < -0.4 is 4.74 Å². The molecule has 0 bridgehead atoms. The summed E-state index contributed by atoms with van der Waals surface area (Å²) >= 11 is 0. The van der Waals surface area contributed by atoms with E-state index in [1.54, 1.807) is 66.7 Å². The number of hydrogen-bond acceptors (Lipinski definition) is 5. The molecular weight excluding hydrogens is 398 g/mol. The first-order chi connectivity index (χ1) is 14.5. The zero-order chi connectivity index (χ0) is 21.4. The fourth-order valence-electron chi connectivity index (χ4n) is 2.78. The van der Waals surface area contributed by atoms with Gasteiger partial charge in [0.1, 0.15) is 11.8 Å². The Balaban J connectivity index is 1.63. The third-order valence-corrected chi connectivity index (χ3v) is 5.74. The average Bonchev–Trinajstić information content (AvgIpc) is 2.78. The van der Waals surface area contributed by atoms with E-state index in [1.807, 2.05) is 18.2 Å². The molecule has 3 aromatic carbocycles. The van der Waals surface area contributed by atoms with Crippen LogP contribution in [0.15, 0.2) is 89.2 Å². The predicted octanol–water partition coefficient (Wildman–Crippen LogP) is 4.54. The monoisotopic (exact) mass is 417 g/mol. The maximum atomic E-state index is 12.4. The van der Waals surface area contributed by atoms with Gasteiger partial charge < -0.3 is 4.74 Å². The van der Waals surface area contributed by atoms with Crippen LogP contribution in [0.3, 0.4) is 0 Å². The molecule has 0 saturated heterocycles. The van der Waals surface area contributed by atoms with Crippen LogP contribution in [-0.2, 0) is 21.1 Å². The van der Waals surface area contributed by atoms with E-state index in [1.165, 1.54) is 11.5 Å². The molecule has 0 aromatic heterocycles. The number of rotatable bonds is 7. The molecule has 0 spiro atoms. The van der Waals surface area contributed by atoms with Gasteiger partial charge in [0.2, 0.25) is 0 Å². The van der Waals surface area contributed by atoms with Crippen LogP contribution in [0.1, 0.15) is 23.1 Å². The van der Waals surface area contributed by atoms with E-state index in [0.717, 1.165) is 11.1 Å². The van der Waals surface area contributed by atoms with Gasteiger partial charge in [0.05, 0.1) is 10.5 Å². The molecule has 0 N–H and O–H groups in total. The molecule has 3 aromatic rings. The van der Waals surface area contributed by atoms with Gasteiger partial charge >= 0.3 is 5.97 Å². The summed E-state index contributed by atoms with van der Waals surface area (Å²) in [6.07, 6.45) is 2.10. The quantitative estimate of drug-likeness (QED) is 0.416. The third kappa shape index (κ3) is 5.66. The lowest BCUT2D eigenvalue weighted by atomic mass is 10.1. The van der Waals surface area contributed by atoms with Crippen molar-refractivity contribution in [3.8, 4) is 11.8 Å². The Morgan fingerprint density at radius 2 is 1.70 bits per heavy atom. The summed E-state index contributed by atoms with van der Waals surface area (Å²) in [4.78, 5) is 12.4. The average molecular weight is 417 g/mol. The SMILES string of the molecule is N#Cc1ccccc1OC(=O)CCc1cccc(/C=C/S(=O)(=O)c2ccccc2)c1. The third-order valence-electron chi connectivity index (χ3n) is 4.31. The van der Waals surface area contributed by atoms with Crippen molar-refractivity contribution in [3.63, 3.8) is 0 Å². The van der Waals surface area contributed by atoms with Crippen LogP contribution in [-0.4, -0.2) is 14.4 Å². The van der Waals surface area contributed by atoms with E-state index >= 15 is 0 Å². The molecule has 0 heterocycles. The number of esters is 1. The van der Waals surface area contributed by atoms with Crippen molar-refractivity contribution in [1.29, 1.82) is 5.26 Å². The number of carbonyl (C=O) groups excluding carboxylic acids is 1. The van der Waals surface area contributed by atoms with Crippen molar-refractivity contribution >= 4 is 21.9 Å². The largest absolute Gasteiger partial charge is 0.425 e. The van der Waals surface area contributed by atoms with E-state index < -0.39 is 15.8 Å². The Labute approximate surface area is 175 Å². The van der Waals surface area contributed by atoms with Gasteiger partial charge in [0.25, 0.3) is 0 Å². The van der Waals surface area contributed by atoms with Crippen LogP contribution in [0.2, 0.25) is 0 Å². The number of nitrogens with zero attached hydrogens (tertiary/aromatic N) is 1. The lowest BCUT2D eigenvalue weighted by molar-refractivity contribution is -0.134. The molecule has 0 aliphatic carbocycles. The molecule has 0 aliphatic rings. The highest BCUT2D eigenvalue weighted by molar-refractivity contribution is 7.94. The second-order valence-corrected chi connectivity index (χ2v) is 8.32. The van der Waals surface area contributed by atoms with E-state index in [0.29, 0.717) is 12.0 Å². The Bertz CT molecular complexity index is 1210. The number of carbonyl (C=O) groups is 1. The van der Waals surface area contributed by atoms with Gasteiger partial charge in [-0.2, -0.15) is 5.26 Å². The van der Waals surface area contributed by atoms with Crippen LogP contribution in [0, 0.1) is 11.3 Å². The first kappa shape index (κ1) is 21.0. The number of para-hydroxylation sites is 1.